The van der Waals surface area contributed by atoms with Crippen molar-refractivity contribution in [2.75, 3.05) is 0 Å². The molecule has 0 radical (unpaired) electrons. The molecule has 2 aromatic carbocycles. The summed E-state index contributed by atoms with van der Waals surface area (Å²) in [7, 11) is 0. The zero-order valence-corrected chi connectivity index (χ0v) is 12.1. The van der Waals surface area contributed by atoms with E-state index in [1.54, 1.807) is 18.2 Å². The molecule has 0 aliphatic carbocycles. The van der Waals surface area contributed by atoms with Gasteiger partial charge >= 0.3 is 5.97 Å². The van der Waals surface area contributed by atoms with Crippen LogP contribution in [0.15, 0.2) is 48.5 Å². The molecule has 4 heteroatoms. The maximum atomic E-state index is 11.5. The van der Waals surface area contributed by atoms with E-state index in [1.807, 2.05) is 37.3 Å². The quantitative estimate of drug-likeness (QED) is 0.754. The normalized spacial score (nSPS) is 10.8. The van der Waals surface area contributed by atoms with Crippen LogP contribution in [-0.4, -0.2) is 16.1 Å². The van der Waals surface area contributed by atoms with Crippen LogP contribution in [-0.2, 0) is 0 Å². The zero-order valence-electron chi connectivity index (χ0n) is 11.3. The minimum absolute atomic E-state index is 0.249. The number of aryl methyl sites for hydroxylation is 1. The van der Waals surface area contributed by atoms with Crippen LogP contribution in [0, 0.1) is 6.92 Å². The Kier molecular flexibility index (Phi) is 3.35. The van der Waals surface area contributed by atoms with Crippen LogP contribution in [0.3, 0.4) is 0 Å². The summed E-state index contributed by atoms with van der Waals surface area (Å²) in [5.74, 6) is -0.962. The Morgan fingerprint density at radius 3 is 2.67 bits per heavy atom. The molecule has 1 heterocycles. The van der Waals surface area contributed by atoms with Gasteiger partial charge in [-0.1, -0.05) is 35.4 Å². The van der Waals surface area contributed by atoms with E-state index in [-0.39, 0.29) is 5.56 Å². The molecule has 0 atom stereocenters. The average molecular weight is 298 g/mol. The Morgan fingerprint density at radius 2 is 1.95 bits per heavy atom. The molecule has 3 nitrogen and oxygen atoms in total. The van der Waals surface area contributed by atoms with Crippen LogP contribution >= 0.6 is 11.6 Å². The third-order valence-corrected chi connectivity index (χ3v) is 3.55. The second-order valence-corrected chi connectivity index (χ2v) is 5.33. The second-order valence-electron chi connectivity index (χ2n) is 4.89. The highest BCUT2D eigenvalue weighted by molar-refractivity contribution is 6.30. The van der Waals surface area contributed by atoms with Gasteiger partial charge in [-0.3, -0.25) is 0 Å². The van der Waals surface area contributed by atoms with Crippen LogP contribution in [0.5, 0.6) is 0 Å². The van der Waals surface area contributed by atoms with E-state index in [1.165, 1.54) is 0 Å². The van der Waals surface area contributed by atoms with E-state index >= 15 is 0 Å². The predicted molar refractivity (Wildman–Crippen MR) is 83.9 cm³/mol. The lowest BCUT2D eigenvalue weighted by Crippen LogP contribution is -2.00. The number of pyridine rings is 1. The number of hydrogen-bond donors (Lipinski definition) is 1. The highest BCUT2D eigenvalue weighted by atomic mass is 35.5. The molecule has 3 aromatic rings. The molecule has 3 rings (SSSR count). The second kappa shape index (κ2) is 5.19. The minimum Gasteiger partial charge on any atom is -0.478 e. The molecule has 0 unspecified atom stereocenters. The van der Waals surface area contributed by atoms with Crippen LogP contribution in [0.1, 0.15) is 15.9 Å². The number of carboxylic acid groups (broad SMARTS) is 1. The first kappa shape index (κ1) is 13.6. The van der Waals surface area contributed by atoms with Crippen molar-refractivity contribution in [1.29, 1.82) is 0 Å². The molecule has 0 aliphatic heterocycles. The Labute approximate surface area is 126 Å². The van der Waals surface area contributed by atoms with Crippen molar-refractivity contribution >= 4 is 28.5 Å². The first-order valence-electron chi connectivity index (χ1n) is 6.45. The summed E-state index contributed by atoms with van der Waals surface area (Å²) in [6.45, 7) is 1.93. The molecule has 1 N–H and O–H groups in total. The van der Waals surface area contributed by atoms with E-state index < -0.39 is 5.97 Å². The SMILES string of the molecule is Cc1ccc2nc(-c3cccc(Cl)c3)cc(C(=O)O)c2c1. The molecule has 104 valence electrons. The van der Waals surface area contributed by atoms with Gasteiger partial charge in [0.25, 0.3) is 0 Å². The summed E-state index contributed by atoms with van der Waals surface area (Å²) in [5, 5.41) is 10.7. The largest absolute Gasteiger partial charge is 0.478 e. The van der Waals surface area contributed by atoms with Gasteiger partial charge in [0.2, 0.25) is 0 Å². The number of aromatic carboxylic acids is 1. The average Bonchev–Trinajstić information content (AvgIpc) is 2.46. The minimum atomic E-state index is -0.962. The number of nitrogens with zero attached hydrogens (tertiary/aromatic N) is 1. The van der Waals surface area contributed by atoms with E-state index in [9.17, 15) is 9.90 Å². The number of halogens is 1. The van der Waals surface area contributed by atoms with Crippen LogP contribution in [0.2, 0.25) is 5.02 Å². The number of aromatic nitrogens is 1. The maximum absolute atomic E-state index is 11.5. The highest BCUT2D eigenvalue weighted by Gasteiger charge is 2.13. The Hall–Kier alpha value is -2.39. The number of benzene rings is 2. The van der Waals surface area contributed by atoms with Crippen molar-refractivity contribution in [3.8, 4) is 11.3 Å². The van der Waals surface area contributed by atoms with Gasteiger partial charge in [0.05, 0.1) is 16.8 Å². The molecular weight excluding hydrogens is 286 g/mol. The van der Waals surface area contributed by atoms with Gasteiger partial charge in [-0.15, -0.1) is 0 Å². The van der Waals surface area contributed by atoms with Crippen LogP contribution in [0.4, 0.5) is 0 Å². The molecule has 0 saturated carbocycles. The fraction of sp³-hybridized carbons (Fsp3) is 0.0588. The first-order valence-corrected chi connectivity index (χ1v) is 6.83. The number of carboxylic acids is 1. The number of fused-ring (bicyclic) bond motifs is 1. The molecule has 21 heavy (non-hydrogen) atoms. The van der Waals surface area contributed by atoms with Gasteiger partial charge in [0, 0.05) is 16.0 Å². The summed E-state index contributed by atoms with van der Waals surface area (Å²) >= 11 is 5.99. The highest BCUT2D eigenvalue weighted by Crippen LogP contribution is 2.27. The van der Waals surface area contributed by atoms with Crippen molar-refractivity contribution in [2.24, 2.45) is 0 Å². The summed E-state index contributed by atoms with van der Waals surface area (Å²) in [4.78, 5) is 16.1. The number of hydrogen-bond acceptors (Lipinski definition) is 2. The lowest BCUT2D eigenvalue weighted by atomic mass is 10.0. The van der Waals surface area contributed by atoms with Gasteiger partial charge in [-0.25, -0.2) is 9.78 Å². The maximum Gasteiger partial charge on any atom is 0.336 e. The van der Waals surface area contributed by atoms with E-state index in [0.29, 0.717) is 21.6 Å². The molecule has 0 aliphatic rings. The van der Waals surface area contributed by atoms with Gasteiger partial charge in [-0.2, -0.15) is 0 Å². The summed E-state index contributed by atoms with van der Waals surface area (Å²) < 4.78 is 0. The van der Waals surface area contributed by atoms with Gasteiger partial charge in [0.15, 0.2) is 0 Å². The third-order valence-electron chi connectivity index (χ3n) is 3.31. The number of rotatable bonds is 2. The molecule has 0 spiro atoms. The molecule has 0 bridgehead atoms. The lowest BCUT2D eigenvalue weighted by molar-refractivity contribution is 0.0699. The van der Waals surface area contributed by atoms with Crippen molar-refractivity contribution in [3.63, 3.8) is 0 Å². The topological polar surface area (TPSA) is 50.2 Å². The van der Waals surface area contributed by atoms with Crippen LogP contribution in [0.25, 0.3) is 22.2 Å². The fourth-order valence-corrected chi connectivity index (χ4v) is 2.50. The van der Waals surface area contributed by atoms with Gasteiger partial charge < -0.3 is 5.11 Å². The van der Waals surface area contributed by atoms with Gasteiger partial charge in [-0.05, 0) is 37.3 Å². The fourth-order valence-electron chi connectivity index (χ4n) is 2.31. The Morgan fingerprint density at radius 1 is 1.14 bits per heavy atom. The van der Waals surface area contributed by atoms with Gasteiger partial charge in [0.1, 0.15) is 0 Å². The van der Waals surface area contributed by atoms with Crippen molar-refractivity contribution in [3.05, 3.63) is 64.7 Å². The molecule has 0 fully saturated rings. The van der Waals surface area contributed by atoms with Crippen molar-refractivity contribution < 1.29 is 9.90 Å². The standard InChI is InChI=1S/C17H12ClNO2/c1-10-5-6-15-13(7-10)14(17(20)21)9-16(19-15)11-3-2-4-12(18)8-11/h2-9H,1H3,(H,20,21). The molecule has 0 amide bonds. The van der Waals surface area contributed by atoms with E-state index in [2.05, 4.69) is 4.98 Å². The summed E-state index contributed by atoms with van der Waals surface area (Å²) in [6, 6.07) is 14.4. The van der Waals surface area contributed by atoms with Crippen LogP contribution < -0.4 is 0 Å². The number of carbonyl (C=O) groups is 1. The lowest BCUT2D eigenvalue weighted by Gasteiger charge is -2.08. The summed E-state index contributed by atoms with van der Waals surface area (Å²) in [6.07, 6.45) is 0. The predicted octanol–water partition coefficient (Wildman–Crippen LogP) is 4.56. The molecule has 0 saturated heterocycles. The Bertz CT molecular complexity index is 859. The zero-order chi connectivity index (χ0) is 15.0. The monoisotopic (exact) mass is 297 g/mol. The molecular formula is C17H12ClNO2. The van der Waals surface area contributed by atoms with Crippen molar-refractivity contribution in [2.45, 2.75) is 6.92 Å². The molecule has 1 aromatic heterocycles. The van der Waals surface area contributed by atoms with Crippen molar-refractivity contribution in [1.82, 2.24) is 4.98 Å². The first-order chi connectivity index (χ1) is 10.0. The van der Waals surface area contributed by atoms with E-state index in [4.69, 9.17) is 11.6 Å². The Balaban J connectivity index is 2.31. The third kappa shape index (κ3) is 2.60. The van der Waals surface area contributed by atoms with E-state index in [0.717, 1.165) is 11.1 Å². The smallest absolute Gasteiger partial charge is 0.336 e. The summed E-state index contributed by atoms with van der Waals surface area (Å²) in [5.41, 5.74) is 3.31.